The molecule has 3 aliphatic rings. The second kappa shape index (κ2) is 10.9. The van der Waals surface area contributed by atoms with Crippen molar-refractivity contribution in [2.75, 3.05) is 25.5 Å². The van der Waals surface area contributed by atoms with Gasteiger partial charge in [-0.25, -0.2) is 4.99 Å². The Bertz CT molecular complexity index is 1440. The predicted molar refractivity (Wildman–Crippen MR) is 144 cm³/mol. The van der Waals surface area contributed by atoms with E-state index in [-0.39, 0.29) is 18.1 Å². The molecule has 6 rings (SSSR count). The van der Waals surface area contributed by atoms with E-state index in [1.807, 2.05) is 24.3 Å². The van der Waals surface area contributed by atoms with Crippen molar-refractivity contribution in [2.24, 2.45) is 22.6 Å². The Balaban J connectivity index is 1.58. The number of halogens is 6. The molecular formula is C29H29F6N5O. The first-order chi connectivity index (χ1) is 19.4. The number of piperidine rings is 3. The fourth-order valence-electron chi connectivity index (χ4n) is 5.96. The maximum absolute atomic E-state index is 13.4. The summed E-state index contributed by atoms with van der Waals surface area (Å²) in [5, 5.41) is 3.25. The Morgan fingerprint density at radius 2 is 1.83 bits per heavy atom. The van der Waals surface area contributed by atoms with Crippen LogP contribution in [-0.2, 0) is 12.4 Å². The number of methoxy groups -OCH3 is 1. The van der Waals surface area contributed by atoms with E-state index in [0.29, 0.717) is 35.2 Å². The van der Waals surface area contributed by atoms with Crippen LogP contribution < -0.4 is 15.8 Å². The summed E-state index contributed by atoms with van der Waals surface area (Å²) in [6.07, 6.45) is -4.61. The topological polar surface area (TPSA) is 75.8 Å². The first-order valence-corrected chi connectivity index (χ1v) is 13.1. The number of aromatic nitrogens is 1. The minimum atomic E-state index is -4.99. The van der Waals surface area contributed by atoms with Crippen LogP contribution in [0.25, 0.3) is 10.9 Å². The van der Waals surface area contributed by atoms with Gasteiger partial charge in [-0.1, -0.05) is 6.08 Å². The van der Waals surface area contributed by atoms with Gasteiger partial charge in [-0.05, 0) is 79.3 Å². The summed E-state index contributed by atoms with van der Waals surface area (Å²) in [6.45, 7) is 5.57. The quantitative estimate of drug-likeness (QED) is 0.149. The summed E-state index contributed by atoms with van der Waals surface area (Å²) < 4.78 is 85.9. The molecule has 12 heteroatoms. The van der Waals surface area contributed by atoms with Gasteiger partial charge in [-0.3, -0.25) is 9.88 Å². The lowest BCUT2D eigenvalue weighted by Gasteiger charge is -2.51. The lowest BCUT2D eigenvalue weighted by molar-refractivity contribution is -0.143. The number of pyridine rings is 1. The lowest BCUT2D eigenvalue weighted by atomic mass is 9.73. The van der Waals surface area contributed by atoms with E-state index in [1.54, 1.807) is 19.4 Å². The van der Waals surface area contributed by atoms with Gasteiger partial charge in [-0.2, -0.15) is 26.3 Å². The van der Waals surface area contributed by atoms with Crippen molar-refractivity contribution >= 4 is 22.5 Å². The normalized spacial score (nSPS) is 23.8. The monoisotopic (exact) mass is 577 g/mol. The second-order valence-corrected chi connectivity index (χ2v) is 10.4. The van der Waals surface area contributed by atoms with Gasteiger partial charge in [0.05, 0.1) is 29.8 Å². The van der Waals surface area contributed by atoms with Crippen LogP contribution in [0.2, 0.25) is 0 Å². The van der Waals surface area contributed by atoms with Crippen LogP contribution in [0.4, 0.5) is 32.0 Å². The highest BCUT2D eigenvalue weighted by molar-refractivity contribution is 5.93. The number of rotatable bonds is 6. The van der Waals surface area contributed by atoms with E-state index in [9.17, 15) is 26.3 Å². The van der Waals surface area contributed by atoms with E-state index in [2.05, 4.69) is 21.8 Å². The number of ether oxygens (including phenoxy) is 1. The highest BCUT2D eigenvalue weighted by Gasteiger charge is 2.43. The number of nitrogens with zero attached hydrogens (tertiary/aromatic N) is 3. The molecule has 0 spiro atoms. The number of nitrogens with one attached hydrogen (secondary N) is 1. The van der Waals surface area contributed by atoms with Gasteiger partial charge >= 0.3 is 12.4 Å². The zero-order valence-corrected chi connectivity index (χ0v) is 22.1. The average molecular weight is 578 g/mol. The van der Waals surface area contributed by atoms with Crippen LogP contribution >= 0.6 is 0 Å². The van der Waals surface area contributed by atoms with Crippen LogP contribution in [-0.4, -0.2) is 42.1 Å². The summed E-state index contributed by atoms with van der Waals surface area (Å²) >= 11 is 0. The van der Waals surface area contributed by atoms with Crippen LogP contribution in [0.15, 0.2) is 66.3 Å². The molecule has 41 heavy (non-hydrogen) atoms. The number of nitrogens with two attached hydrogens (primary N) is 1. The zero-order valence-electron chi connectivity index (χ0n) is 22.1. The minimum Gasteiger partial charge on any atom is -0.497 e. The summed E-state index contributed by atoms with van der Waals surface area (Å²) in [5.74, 6) is 0.981. The lowest BCUT2D eigenvalue weighted by Crippen LogP contribution is -2.54. The molecule has 5 atom stereocenters. The summed E-state index contributed by atoms with van der Waals surface area (Å²) in [7, 11) is 1.54. The zero-order chi connectivity index (χ0) is 29.5. The molecule has 1 aromatic heterocycles. The Morgan fingerprint density at radius 1 is 1.12 bits per heavy atom. The predicted octanol–water partition coefficient (Wildman–Crippen LogP) is 6.65. The molecule has 0 radical (unpaired) electrons. The maximum atomic E-state index is 13.4. The van der Waals surface area contributed by atoms with Crippen molar-refractivity contribution in [1.29, 1.82) is 0 Å². The maximum Gasteiger partial charge on any atom is 0.416 e. The van der Waals surface area contributed by atoms with E-state index < -0.39 is 35.2 Å². The molecular weight excluding hydrogens is 548 g/mol. The van der Waals surface area contributed by atoms with Crippen molar-refractivity contribution in [3.05, 3.63) is 78.0 Å². The second-order valence-electron chi connectivity index (χ2n) is 10.4. The highest BCUT2D eigenvalue weighted by Crippen LogP contribution is 2.44. The van der Waals surface area contributed by atoms with Crippen molar-refractivity contribution in [2.45, 2.75) is 37.3 Å². The number of guanidine groups is 1. The number of alkyl halides is 6. The smallest absolute Gasteiger partial charge is 0.416 e. The molecule has 0 saturated carbocycles. The molecule has 4 heterocycles. The molecule has 3 aliphatic heterocycles. The molecule has 2 aromatic carbocycles. The van der Waals surface area contributed by atoms with Gasteiger partial charge in [0.2, 0.25) is 0 Å². The van der Waals surface area contributed by atoms with Gasteiger partial charge in [0.15, 0.2) is 5.96 Å². The van der Waals surface area contributed by atoms with Gasteiger partial charge in [0.1, 0.15) is 5.75 Å². The number of hydrogen-bond acceptors (Lipinski definition) is 4. The number of benzene rings is 2. The van der Waals surface area contributed by atoms with Gasteiger partial charge in [0, 0.05) is 29.9 Å². The molecule has 0 aliphatic carbocycles. The SMILES string of the molecule is C=C[C@H]1CN2CC[C@H]1C[C@@H]2[C@H](N=C(N)Nc1cc(C(F)(F)F)cc(C(F)(F)F)c1)c1ccnc2ccc(OC)cc12. The van der Waals surface area contributed by atoms with Crippen molar-refractivity contribution in [1.82, 2.24) is 9.88 Å². The Hall–Kier alpha value is -3.80. The average Bonchev–Trinajstić information content (AvgIpc) is 2.94. The number of aliphatic imine (C=N–C) groups is 1. The van der Waals surface area contributed by atoms with Crippen LogP contribution in [0.3, 0.4) is 0 Å². The largest absolute Gasteiger partial charge is 0.497 e. The molecule has 3 N–H and O–H groups in total. The first-order valence-electron chi connectivity index (χ1n) is 13.1. The fourth-order valence-corrected chi connectivity index (χ4v) is 5.96. The Kier molecular flexibility index (Phi) is 7.62. The van der Waals surface area contributed by atoms with Crippen molar-refractivity contribution in [3.8, 4) is 5.75 Å². The first kappa shape index (κ1) is 28.7. The molecule has 0 amide bonds. The molecule has 2 bridgehead atoms. The fraction of sp³-hybridized carbons (Fsp3) is 0.379. The third kappa shape index (κ3) is 5.97. The third-order valence-electron chi connectivity index (χ3n) is 7.96. The van der Waals surface area contributed by atoms with Gasteiger partial charge < -0.3 is 15.8 Å². The number of hydrogen-bond donors (Lipinski definition) is 2. The van der Waals surface area contributed by atoms with Gasteiger partial charge in [0.25, 0.3) is 0 Å². The summed E-state index contributed by atoms with van der Waals surface area (Å²) in [4.78, 5) is 11.4. The molecule has 1 unspecified atom stereocenters. The highest BCUT2D eigenvalue weighted by atomic mass is 19.4. The van der Waals surface area contributed by atoms with Crippen LogP contribution in [0.1, 0.15) is 35.6 Å². The summed E-state index contributed by atoms with van der Waals surface area (Å²) in [6, 6.07) is 7.75. The van der Waals surface area contributed by atoms with Gasteiger partial charge in [-0.15, -0.1) is 6.58 Å². The molecule has 3 aromatic rings. The summed E-state index contributed by atoms with van der Waals surface area (Å²) in [5.41, 5.74) is 4.31. The Morgan fingerprint density at radius 3 is 2.41 bits per heavy atom. The third-order valence-corrected chi connectivity index (χ3v) is 7.96. The number of anilines is 1. The van der Waals surface area contributed by atoms with Crippen LogP contribution in [0, 0.1) is 11.8 Å². The molecule has 3 saturated heterocycles. The Labute approximate surface area is 232 Å². The van der Waals surface area contributed by atoms with E-state index >= 15 is 0 Å². The minimum absolute atomic E-state index is 0.0693. The van der Waals surface area contributed by atoms with E-state index in [4.69, 9.17) is 15.5 Å². The molecule has 218 valence electrons. The van der Waals surface area contributed by atoms with Crippen LogP contribution in [0.5, 0.6) is 5.75 Å². The van der Waals surface area contributed by atoms with Crippen molar-refractivity contribution < 1.29 is 31.1 Å². The molecule has 6 nitrogen and oxygen atoms in total. The standard InChI is InChI=1S/C29H29F6N5O/c1-3-16-15-40-9-7-17(16)10-25(40)26(22-6-8-37-24-5-4-21(41-2)14-23(22)24)39-27(36)38-20-12-18(28(30,31)32)11-19(13-20)29(33,34)35/h3-6,8,11-14,16-17,25-26H,1,7,9-10,15H2,2H3,(H3,36,38,39)/t16-,17-,25+,26+/m0/s1. The van der Waals surface area contributed by atoms with E-state index in [0.717, 1.165) is 36.9 Å². The van der Waals surface area contributed by atoms with E-state index in [1.165, 1.54) is 0 Å². The number of fused-ring (bicyclic) bond motifs is 4. The molecule has 3 fully saturated rings. The van der Waals surface area contributed by atoms with Crippen molar-refractivity contribution in [3.63, 3.8) is 0 Å².